The van der Waals surface area contributed by atoms with Crippen LogP contribution in [0.1, 0.15) is 25.0 Å². The third-order valence-electron chi connectivity index (χ3n) is 3.23. The zero-order valence-corrected chi connectivity index (χ0v) is 10.0. The summed E-state index contributed by atoms with van der Waals surface area (Å²) in [6, 6.07) is 1.88. The molecule has 1 aromatic heterocycles. The van der Waals surface area contributed by atoms with Gasteiger partial charge in [0.05, 0.1) is 0 Å². The molecule has 0 aliphatic heterocycles. The van der Waals surface area contributed by atoms with E-state index >= 15 is 0 Å². The zero-order valence-electron chi connectivity index (χ0n) is 10.0. The molecule has 0 aromatic carbocycles. The van der Waals surface area contributed by atoms with Crippen LogP contribution in [0.4, 0.5) is 11.8 Å². The van der Waals surface area contributed by atoms with Crippen molar-refractivity contribution in [2.75, 3.05) is 23.9 Å². The molecular formula is C11H19N5O. The molecule has 1 aliphatic carbocycles. The van der Waals surface area contributed by atoms with Crippen molar-refractivity contribution in [1.29, 1.82) is 0 Å². The summed E-state index contributed by atoms with van der Waals surface area (Å²) in [5.74, 6) is 6.48. The van der Waals surface area contributed by atoms with E-state index in [1.165, 1.54) is 12.8 Å². The molecule has 0 spiro atoms. The highest BCUT2D eigenvalue weighted by atomic mass is 16.3. The SMILES string of the molecule is Cc1cc(NCC2(CCO)CC2)nc(NN)n1. The summed E-state index contributed by atoms with van der Waals surface area (Å²) in [6.07, 6.45) is 3.20. The summed E-state index contributed by atoms with van der Waals surface area (Å²) in [5.41, 5.74) is 3.58. The molecule has 0 saturated heterocycles. The largest absolute Gasteiger partial charge is 0.396 e. The molecule has 6 nitrogen and oxygen atoms in total. The maximum Gasteiger partial charge on any atom is 0.239 e. The Morgan fingerprint density at radius 2 is 2.24 bits per heavy atom. The molecule has 94 valence electrons. The van der Waals surface area contributed by atoms with Crippen LogP contribution in [-0.4, -0.2) is 28.2 Å². The lowest BCUT2D eigenvalue weighted by atomic mass is 10.0. The quantitative estimate of drug-likeness (QED) is 0.428. The summed E-state index contributed by atoms with van der Waals surface area (Å²) >= 11 is 0. The van der Waals surface area contributed by atoms with Gasteiger partial charge in [-0.15, -0.1) is 0 Å². The smallest absolute Gasteiger partial charge is 0.239 e. The van der Waals surface area contributed by atoms with Crippen LogP contribution in [0.2, 0.25) is 0 Å². The molecule has 0 amide bonds. The molecular weight excluding hydrogens is 218 g/mol. The first-order valence-electron chi connectivity index (χ1n) is 5.84. The third kappa shape index (κ3) is 3.04. The highest BCUT2D eigenvalue weighted by Crippen LogP contribution is 2.48. The number of nitrogens with zero attached hydrogens (tertiary/aromatic N) is 2. The van der Waals surface area contributed by atoms with Crippen molar-refractivity contribution in [2.45, 2.75) is 26.2 Å². The van der Waals surface area contributed by atoms with Gasteiger partial charge in [-0.3, -0.25) is 5.43 Å². The minimum Gasteiger partial charge on any atom is -0.396 e. The predicted octanol–water partition coefficient (Wildman–Crippen LogP) is 0.645. The Bertz CT molecular complexity index is 391. The van der Waals surface area contributed by atoms with Crippen molar-refractivity contribution >= 4 is 11.8 Å². The highest BCUT2D eigenvalue weighted by molar-refractivity contribution is 5.42. The first-order valence-corrected chi connectivity index (χ1v) is 5.84. The average Bonchev–Trinajstić information content (AvgIpc) is 3.07. The fraction of sp³-hybridized carbons (Fsp3) is 0.636. The van der Waals surface area contributed by atoms with Gasteiger partial charge in [-0.1, -0.05) is 0 Å². The minimum atomic E-state index is 0.250. The molecule has 17 heavy (non-hydrogen) atoms. The number of aliphatic hydroxyl groups excluding tert-OH is 1. The van der Waals surface area contributed by atoms with Crippen molar-refractivity contribution in [2.24, 2.45) is 11.3 Å². The van der Waals surface area contributed by atoms with Crippen molar-refractivity contribution in [3.05, 3.63) is 11.8 Å². The third-order valence-corrected chi connectivity index (χ3v) is 3.23. The second-order valence-electron chi connectivity index (χ2n) is 4.69. The van der Waals surface area contributed by atoms with Gasteiger partial charge < -0.3 is 10.4 Å². The summed E-state index contributed by atoms with van der Waals surface area (Å²) in [7, 11) is 0. The van der Waals surface area contributed by atoms with Crippen molar-refractivity contribution in [1.82, 2.24) is 9.97 Å². The monoisotopic (exact) mass is 237 g/mol. The lowest BCUT2D eigenvalue weighted by Gasteiger charge is -2.15. The van der Waals surface area contributed by atoms with Crippen LogP contribution in [0, 0.1) is 12.3 Å². The summed E-state index contributed by atoms with van der Waals surface area (Å²) in [6.45, 7) is 2.99. The number of anilines is 2. The van der Waals surface area contributed by atoms with Gasteiger partial charge in [-0.2, -0.15) is 4.98 Å². The van der Waals surface area contributed by atoms with Crippen LogP contribution in [0.5, 0.6) is 0 Å². The lowest BCUT2D eigenvalue weighted by molar-refractivity contribution is 0.253. The molecule has 6 heteroatoms. The molecule has 1 heterocycles. The Hall–Kier alpha value is -1.40. The van der Waals surface area contributed by atoms with Gasteiger partial charge >= 0.3 is 0 Å². The van der Waals surface area contributed by atoms with Gasteiger partial charge in [-0.25, -0.2) is 10.8 Å². The van der Waals surface area contributed by atoms with Gasteiger partial charge in [0, 0.05) is 24.9 Å². The Balaban J connectivity index is 1.97. The van der Waals surface area contributed by atoms with Crippen LogP contribution in [0.25, 0.3) is 0 Å². The maximum atomic E-state index is 8.99. The van der Waals surface area contributed by atoms with Crippen LogP contribution >= 0.6 is 0 Å². The van der Waals surface area contributed by atoms with E-state index < -0.39 is 0 Å². The van der Waals surface area contributed by atoms with Gasteiger partial charge in [0.15, 0.2) is 0 Å². The maximum absolute atomic E-state index is 8.99. The number of rotatable bonds is 6. The Kier molecular flexibility index (Phi) is 3.44. The number of nitrogens with one attached hydrogen (secondary N) is 2. The number of nitrogen functional groups attached to an aromatic ring is 1. The molecule has 1 aromatic rings. The zero-order chi connectivity index (χ0) is 12.3. The van der Waals surface area contributed by atoms with E-state index in [-0.39, 0.29) is 12.0 Å². The number of hydrazine groups is 1. The van der Waals surface area contributed by atoms with E-state index in [1.807, 2.05) is 13.0 Å². The van der Waals surface area contributed by atoms with Crippen LogP contribution in [-0.2, 0) is 0 Å². The van der Waals surface area contributed by atoms with E-state index in [4.69, 9.17) is 10.9 Å². The minimum absolute atomic E-state index is 0.250. The first-order chi connectivity index (χ1) is 8.17. The molecule has 1 aliphatic rings. The second-order valence-corrected chi connectivity index (χ2v) is 4.69. The molecule has 1 fully saturated rings. The van der Waals surface area contributed by atoms with Crippen molar-refractivity contribution in [3.63, 3.8) is 0 Å². The molecule has 2 rings (SSSR count). The second kappa shape index (κ2) is 4.85. The molecule has 5 N–H and O–H groups in total. The number of aliphatic hydroxyl groups is 1. The van der Waals surface area contributed by atoms with E-state index in [0.29, 0.717) is 5.95 Å². The fourth-order valence-electron chi connectivity index (χ4n) is 1.93. The first kappa shape index (κ1) is 12.1. The van der Waals surface area contributed by atoms with Crippen LogP contribution < -0.4 is 16.6 Å². The summed E-state index contributed by atoms with van der Waals surface area (Å²) in [4.78, 5) is 8.34. The lowest BCUT2D eigenvalue weighted by Crippen LogP contribution is -2.18. The normalized spacial score (nSPS) is 16.6. The molecule has 0 atom stereocenters. The number of hydrogen-bond donors (Lipinski definition) is 4. The van der Waals surface area contributed by atoms with E-state index in [2.05, 4.69) is 20.7 Å². The van der Waals surface area contributed by atoms with Gasteiger partial charge in [0.1, 0.15) is 5.82 Å². The number of hydrogen-bond acceptors (Lipinski definition) is 6. The van der Waals surface area contributed by atoms with Crippen molar-refractivity contribution in [3.8, 4) is 0 Å². The van der Waals surface area contributed by atoms with Gasteiger partial charge in [-0.05, 0) is 31.6 Å². The van der Waals surface area contributed by atoms with E-state index in [1.54, 1.807) is 0 Å². The van der Waals surface area contributed by atoms with E-state index in [0.717, 1.165) is 24.5 Å². The van der Waals surface area contributed by atoms with Crippen LogP contribution in [0.15, 0.2) is 6.07 Å². The van der Waals surface area contributed by atoms with E-state index in [9.17, 15) is 0 Å². The fourth-order valence-corrected chi connectivity index (χ4v) is 1.93. The van der Waals surface area contributed by atoms with Crippen LogP contribution in [0.3, 0.4) is 0 Å². The number of nitrogens with two attached hydrogens (primary N) is 1. The highest BCUT2D eigenvalue weighted by Gasteiger charge is 2.41. The van der Waals surface area contributed by atoms with Gasteiger partial charge in [0.2, 0.25) is 5.95 Å². The van der Waals surface area contributed by atoms with Gasteiger partial charge in [0.25, 0.3) is 0 Å². The molecule has 1 saturated carbocycles. The number of aryl methyl sites for hydroxylation is 1. The standard InChI is InChI=1S/C11H19N5O/c1-8-6-9(15-10(14-8)16-12)13-7-11(2-3-11)4-5-17/h6,17H,2-5,7,12H2,1H3,(H2,13,14,15,16). The average molecular weight is 237 g/mol. The Labute approximate surface area is 101 Å². The number of aromatic nitrogens is 2. The molecule has 0 radical (unpaired) electrons. The predicted molar refractivity (Wildman–Crippen MR) is 66.4 cm³/mol. The molecule has 0 bridgehead atoms. The Morgan fingerprint density at radius 3 is 2.82 bits per heavy atom. The van der Waals surface area contributed by atoms with Crippen molar-refractivity contribution < 1.29 is 5.11 Å². The topological polar surface area (TPSA) is 96.1 Å². The molecule has 0 unspecified atom stereocenters. The summed E-state index contributed by atoms with van der Waals surface area (Å²) < 4.78 is 0. The summed E-state index contributed by atoms with van der Waals surface area (Å²) in [5, 5.41) is 12.3. The Morgan fingerprint density at radius 1 is 1.47 bits per heavy atom.